The zero-order valence-corrected chi connectivity index (χ0v) is 8.84. The number of pyridine rings is 1. The Hall–Kier alpha value is -1.75. The fourth-order valence-corrected chi connectivity index (χ4v) is 1.59. The minimum absolute atomic E-state index is 0.426. The molecule has 5 heteroatoms. The molecule has 2 heterocycles. The fourth-order valence-electron chi connectivity index (χ4n) is 1.59. The molecule has 0 aliphatic carbocycles. The first-order valence-corrected chi connectivity index (χ1v) is 5.02. The molecule has 16 heavy (non-hydrogen) atoms. The predicted molar refractivity (Wildman–Crippen MR) is 56.2 cm³/mol. The van der Waals surface area contributed by atoms with Crippen molar-refractivity contribution in [3.05, 3.63) is 47.8 Å². The van der Waals surface area contributed by atoms with Crippen molar-refractivity contribution < 1.29 is 9.50 Å². The van der Waals surface area contributed by atoms with Crippen molar-refractivity contribution in [3.8, 4) is 0 Å². The van der Waals surface area contributed by atoms with Crippen LogP contribution in [0.5, 0.6) is 0 Å². The summed E-state index contributed by atoms with van der Waals surface area (Å²) in [5, 5.41) is 14.1. The molecule has 1 N–H and O–H groups in total. The maximum absolute atomic E-state index is 13.0. The van der Waals surface area contributed by atoms with E-state index in [2.05, 4.69) is 10.1 Å². The molecule has 0 saturated heterocycles. The van der Waals surface area contributed by atoms with Gasteiger partial charge in [-0.15, -0.1) is 0 Å². The minimum atomic E-state index is -0.898. The normalized spacial score (nSPS) is 12.7. The summed E-state index contributed by atoms with van der Waals surface area (Å²) in [6.45, 7) is 2.58. The molecule has 2 aromatic heterocycles. The molecular weight excluding hydrogens is 209 g/mol. The smallest absolute Gasteiger partial charge is 0.141 e. The van der Waals surface area contributed by atoms with Crippen LogP contribution in [0.2, 0.25) is 0 Å². The van der Waals surface area contributed by atoms with Gasteiger partial charge in [0.05, 0.1) is 11.9 Å². The molecule has 0 bridgehead atoms. The molecule has 0 aliphatic rings. The lowest BCUT2D eigenvalue weighted by molar-refractivity contribution is 0.207. The van der Waals surface area contributed by atoms with E-state index in [9.17, 15) is 9.50 Å². The Bertz CT molecular complexity index is 484. The van der Waals surface area contributed by atoms with Crippen LogP contribution in [0.1, 0.15) is 24.3 Å². The first-order chi connectivity index (χ1) is 7.72. The topological polar surface area (TPSA) is 50.9 Å². The molecule has 0 saturated carbocycles. The number of aliphatic hydroxyl groups excluding tert-OH is 1. The van der Waals surface area contributed by atoms with Gasteiger partial charge in [0.15, 0.2) is 0 Å². The van der Waals surface area contributed by atoms with Crippen LogP contribution in [0.4, 0.5) is 4.39 Å². The van der Waals surface area contributed by atoms with Crippen LogP contribution in [0, 0.1) is 5.82 Å². The highest BCUT2D eigenvalue weighted by atomic mass is 19.1. The maximum atomic E-state index is 13.0. The third-order valence-corrected chi connectivity index (χ3v) is 2.37. The van der Waals surface area contributed by atoms with E-state index in [1.165, 1.54) is 12.3 Å². The number of aliphatic hydroxyl groups is 1. The molecule has 84 valence electrons. The van der Waals surface area contributed by atoms with E-state index in [0.717, 1.165) is 6.20 Å². The van der Waals surface area contributed by atoms with Crippen LogP contribution in [0.15, 0.2) is 30.7 Å². The first kappa shape index (κ1) is 10.8. The van der Waals surface area contributed by atoms with Crippen LogP contribution < -0.4 is 0 Å². The number of hydrogen-bond donors (Lipinski definition) is 1. The lowest BCUT2D eigenvalue weighted by Gasteiger charge is -2.12. The van der Waals surface area contributed by atoms with Crippen molar-refractivity contribution in [2.75, 3.05) is 0 Å². The number of aromatic nitrogens is 3. The Morgan fingerprint density at radius 3 is 3.00 bits per heavy atom. The quantitative estimate of drug-likeness (QED) is 0.854. The lowest BCUT2D eigenvalue weighted by atomic mass is 10.1. The molecule has 1 unspecified atom stereocenters. The van der Waals surface area contributed by atoms with E-state index >= 15 is 0 Å². The van der Waals surface area contributed by atoms with Crippen molar-refractivity contribution in [3.63, 3.8) is 0 Å². The molecule has 2 rings (SSSR count). The minimum Gasteiger partial charge on any atom is -0.382 e. The third-order valence-electron chi connectivity index (χ3n) is 2.37. The molecule has 0 aliphatic heterocycles. The highest BCUT2D eigenvalue weighted by Crippen LogP contribution is 2.21. The van der Waals surface area contributed by atoms with Gasteiger partial charge in [-0.3, -0.25) is 9.67 Å². The Morgan fingerprint density at radius 2 is 2.31 bits per heavy atom. The second-order valence-electron chi connectivity index (χ2n) is 3.41. The largest absolute Gasteiger partial charge is 0.382 e. The Labute approximate surface area is 92.4 Å². The van der Waals surface area contributed by atoms with Gasteiger partial charge >= 0.3 is 0 Å². The number of nitrogens with zero attached hydrogens (tertiary/aromatic N) is 3. The molecule has 1 atom stereocenters. The van der Waals surface area contributed by atoms with E-state index < -0.39 is 11.9 Å². The second-order valence-corrected chi connectivity index (χ2v) is 3.41. The molecule has 2 aromatic rings. The molecule has 0 radical (unpaired) electrons. The SMILES string of the molecule is CCn1nccc1C(O)c1cncc(F)c1. The summed E-state index contributed by atoms with van der Waals surface area (Å²) in [6.07, 6.45) is 3.26. The highest BCUT2D eigenvalue weighted by Gasteiger charge is 2.15. The Morgan fingerprint density at radius 1 is 1.50 bits per heavy atom. The maximum Gasteiger partial charge on any atom is 0.141 e. The summed E-state index contributed by atoms with van der Waals surface area (Å²) < 4.78 is 14.6. The van der Waals surface area contributed by atoms with Crippen molar-refractivity contribution in [2.45, 2.75) is 19.6 Å². The van der Waals surface area contributed by atoms with E-state index in [1.54, 1.807) is 16.9 Å². The Kier molecular flexibility index (Phi) is 2.96. The second kappa shape index (κ2) is 4.40. The molecular formula is C11H12FN3O. The summed E-state index contributed by atoms with van der Waals surface area (Å²) in [5.41, 5.74) is 1.06. The number of hydrogen-bond acceptors (Lipinski definition) is 3. The number of rotatable bonds is 3. The third kappa shape index (κ3) is 1.94. The summed E-state index contributed by atoms with van der Waals surface area (Å²) >= 11 is 0. The van der Waals surface area contributed by atoms with Gasteiger partial charge in [-0.1, -0.05) is 0 Å². The van der Waals surface area contributed by atoms with Crippen molar-refractivity contribution >= 4 is 0 Å². The fraction of sp³-hybridized carbons (Fsp3) is 0.273. The molecule has 0 spiro atoms. The number of halogens is 1. The van der Waals surface area contributed by atoms with Gasteiger partial charge < -0.3 is 5.11 Å². The summed E-state index contributed by atoms with van der Waals surface area (Å²) in [7, 11) is 0. The number of aryl methyl sites for hydroxylation is 1. The van der Waals surface area contributed by atoms with Crippen LogP contribution in [0.25, 0.3) is 0 Å². The zero-order valence-electron chi connectivity index (χ0n) is 8.84. The molecule has 0 amide bonds. The molecule has 0 aromatic carbocycles. The van der Waals surface area contributed by atoms with Gasteiger partial charge in [0.1, 0.15) is 11.9 Å². The van der Waals surface area contributed by atoms with Gasteiger partial charge in [-0.05, 0) is 19.1 Å². The highest BCUT2D eigenvalue weighted by molar-refractivity contribution is 5.22. The summed E-state index contributed by atoms with van der Waals surface area (Å²) in [4.78, 5) is 3.71. The van der Waals surface area contributed by atoms with E-state index in [4.69, 9.17) is 0 Å². The lowest BCUT2D eigenvalue weighted by Crippen LogP contribution is -2.09. The van der Waals surface area contributed by atoms with Crippen LogP contribution in [-0.2, 0) is 6.54 Å². The first-order valence-electron chi connectivity index (χ1n) is 5.02. The summed E-state index contributed by atoms with van der Waals surface area (Å²) in [6, 6.07) is 2.98. The monoisotopic (exact) mass is 221 g/mol. The average Bonchev–Trinajstić information content (AvgIpc) is 2.76. The van der Waals surface area contributed by atoms with E-state index in [-0.39, 0.29) is 0 Å². The standard InChI is InChI=1S/C11H12FN3O/c1-2-15-10(3-4-14-15)11(16)8-5-9(12)7-13-6-8/h3-7,11,16H,2H2,1H3. The van der Waals surface area contributed by atoms with Crippen LogP contribution in [0.3, 0.4) is 0 Å². The van der Waals surface area contributed by atoms with Crippen molar-refractivity contribution in [2.24, 2.45) is 0 Å². The van der Waals surface area contributed by atoms with Gasteiger partial charge in [0, 0.05) is 24.5 Å². The molecule has 4 nitrogen and oxygen atoms in total. The van der Waals surface area contributed by atoms with Gasteiger partial charge in [0.2, 0.25) is 0 Å². The average molecular weight is 221 g/mol. The Balaban J connectivity index is 2.35. The van der Waals surface area contributed by atoms with Gasteiger partial charge in [-0.25, -0.2) is 4.39 Å². The van der Waals surface area contributed by atoms with E-state index in [1.807, 2.05) is 6.92 Å². The van der Waals surface area contributed by atoms with Crippen molar-refractivity contribution in [1.82, 2.24) is 14.8 Å². The predicted octanol–water partition coefficient (Wildman–Crippen LogP) is 1.52. The van der Waals surface area contributed by atoms with Gasteiger partial charge in [-0.2, -0.15) is 5.10 Å². The van der Waals surface area contributed by atoms with Crippen molar-refractivity contribution in [1.29, 1.82) is 0 Å². The van der Waals surface area contributed by atoms with Gasteiger partial charge in [0.25, 0.3) is 0 Å². The molecule has 0 fully saturated rings. The van der Waals surface area contributed by atoms with Crippen LogP contribution in [-0.4, -0.2) is 19.9 Å². The zero-order chi connectivity index (χ0) is 11.5. The van der Waals surface area contributed by atoms with Crippen LogP contribution >= 0.6 is 0 Å². The van der Waals surface area contributed by atoms with E-state index in [0.29, 0.717) is 17.8 Å². The summed E-state index contributed by atoms with van der Waals surface area (Å²) in [5.74, 6) is -0.459.